The highest BCUT2D eigenvalue weighted by Crippen LogP contribution is 2.34. The normalized spacial score (nSPS) is 15.8. The van der Waals surface area contributed by atoms with E-state index in [1.165, 1.54) is 30.3 Å². The van der Waals surface area contributed by atoms with Crippen LogP contribution in [0.5, 0.6) is 0 Å². The number of rotatable bonds is 5. The van der Waals surface area contributed by atoms with Crippen LogP contribution in [0, 0.1) is 5.82 Å². The molecule has 1 saturated heterocycles. The highest BCUT2D eigenvalue weighted by Gasteiger charge is 2.33. The Labute approximate surface area is 182 Å². The van der Waals surface area contributed by atoms with Gasteiger partial charge in [-0.25, -0.2) is 4.39 Å². The molecule has 0 bridgehead atoms. The molecule has 5 nitrogen and oxygen atoms in total. The van der Waals surface area contributed by atoms with Crippen molar-refractivity contribution in [2.24, 2.45) is 0 Å². The number of hydrogen-bond donors (Lipinski definition) is 1. The van der Waals surface area contributed by atoms with E-state index in [-0.39, 0.29) is 18.0 Å². The van der Waals surface area contributed by atoms with E-state index >= 15 is 0 Å². The fourth-order valence-corrected chi connectivity index (χ4v) is 3.93. The maximum atomic E-state index is 14.0. The lowest BCUT2D eigenvalue weighted by molar-refractivity contribution is -0.137. The SMILES string of the molecule is O=C(CN1CCN(Cc2cc(F)cc3cccnc23)CC1)Nc1ccccc1C(F)(F)F. The number of hydrogen-bond acceptors (Lipinski definition) is 4. The van der Waals surface area contributed by atoms with E-state index in [0.29, 0.717) is 32.7 Å². The molecule has 2 aromatic carbocycles. The number of piperazine rings is 1. The second-order valence-corrected chi connectivity index (χ2v) is 7.78. The second kappa shape index (κ2) is 9.22. The molecule has 1 fully saturated rings. The third kappa shape index (κ3) is 5.23. The minimum absolute atomic E-state index is 0.00445. The van der Waals surface area contributed by atoms with Crippen LogP contribution in [0.15, 0.2) is 54.7 Å². The lowest BCUT2D eigenvalue weighted by atomic mass is 10.1. The van der Waals surface area contributed by atoms with Gasteiger partial charge in [0.15, 0.2) is 0 Å². The fraction of sp³-hybridized carbons (Fsp3) is 0.304. The van der Waals surface area contributed by atoms with Crippen molar-refractivity contribution in [2.75, 3.05) is 38.0 Å². The van der Waals surface area contributed by atoms with Gasteiger partial charge in [-0.3, -0.25) is 19.6 Å². The van der Waals surface area contributed by atoms with Gasteiger partial charge in [0.2, 0.25) is 5.91 Å². The smallest absolute Gasteiger partial charge is 0.324 e. The predicted molar refractivity (Wildman–Crippen MR) is 113 cm³/mol. The second-order valence-electron chi connectivity index (χ2n) is 7.78. The number of para-hydroxylation sites is 1. The fourth-order valence-electron chi connectivity index (χ4n) is 3.93. The number of nitrogens with zero attached hydrogens (tertiary/aromatic N) is 3. The zero-order valence-electron chi connectivity index (χ0n) is 17.2. The first-order chi connectivity index (χ1) is 15.3. The quantitative estimate of drug-likeness (QED) is 0.599. The van der Waals surface area contributed by atoms with E-state index in [9.17, 15) is 22.4 Å². The molecular formula is C23H22F4N4O. The van der Waals surface area contributed by atoms with Crippen LogP contribution in [-0.4, -0.2) is 53.4 Å². The molecule has 1 N–H and O–H groups in total. The Morgan fingerprint density at radius 3 is 2.47 bits per heavy atom. The van der Waals surface area contributed by atoms with Gasteiger partial charge in [0.25, 0.3) is 0 Å². The van der Waals surface area contributed by atoms with Crippen molar-refractivity contribution in [3.05, 3.63) is 71.7 Å². The number of carbonyl (C=O) groups excluding carboxylic acids is 1. The molecule has 1 aliphatic rings. The average molecular weight is 446 g/mol. The molecule has 0 unspecified atom stereocenters. The van der Waals surface area contributed by atoms with Gasteiger partial charge in [-0.05, 0) is 35.9 Å². The van der Waals surface area contributed by atoms with Gasteiger partial charge in [0, 0.05) is 44.3 Å². The summed E-state index contributed by atoms with van der Waals surface area (Å²) in [4.78, 5) is 20.7. The zero-order chi connectivity index (χ0) is 22.7. The summed E-state index contributed by atoms with van der Waals surface area (Å²) >= 11 is 0. The van der Waals surface area contributed by atoms with Crippen molar-refractivity contribution >= 4 is 22.5 Å². The molecule has 0 atom stereocenters. The Bertz CT molecular complexity index is 1110. The average Bonchev–Trinajstić information content (AvgIpc) is 2.74. The summed E-state index contributed by atoms with van der Waals surface area (Å²) in [6.07, 6.45) is -2.86. The van der Waals surface area contributed by atoms with Crippen LogP contribution in [0.4, 0.5) is 23.2 Å². The molecule has 0 spiro atoms. The van der Waals surface area contributed by atoms with Gasteiger partial charge in [-0.2, -0.15) is 13.2 Å². The lowest BCUT2D eigenvalue weighted by Gasteiger charge is -2.34. The summed E-state index contributed by atoms with van der Waals surface area (Å²) in [5.41, 5.74) is 0.456. The van der Waals surface area contributed by atoms with E-state index in [1.807, 2.05) is 11.0 Å². The maximum absolute atomic E-state index is 14.0. The van der Waals surface area contributed by atoms with Crippen LogP contribution in [0.25, 0.3) is 10.9 Å². The van der Waals surface area contributed by atoms with E-state index in [1.54, 1.807) is 12.3 Å². The monoisotopic (exact) mass is 446 g/mol. The Morgan fingerprint density at radius 1 is 1.00 bits per heavy atom. The third-order valence-corrected chi connectivity index (χ3v) is 5.48. The number of carbonyl (C=O) groups is 1. The van der Waals surface area contributed by atoms with Crippen LogP contribution in [0.1, 0.15) is 11.1 Å². The molecular weight excluding hydrogens is 424 g/mol. The molecule has 0 radical (unpaired) electrons. The number of halogens is 4. The first-order valence-corrected chi connectivity index (χ1v) is 10.2. The Hall–Kier alpha value is -3.04. The van der Waals surface area contributed by atoms with Gasteiger partial charge in [-0.15, -0.1) is 0 Å². The Morgan fingerprint density at radius 2 is 1.72 bits per heavy atom. The number of anilines is 1. The number of aromatic nitrogens is 1. The molecule has 1 amide bonds. The molecule has 2 heterocycles. The van der Waals surface area contributed by atoms with Crippen molar-refractivity contribution < 1.29 is 22.4 Å². The first kappa shape index (κ1) is 22.2. The topological polar surface area (TPSA) is 48.5 Å². The summed E-state index contributed by atoms with van der Waals surface area (Å²) in [6, 6.07) is 11.5. The summed E-state index contributed by atoms with van der Waals surface area (Å²) < 4.78 is 53.3. The molecule has 3 aromatic rings. The van der Waals surface area contributed by atoms with Crippen molar-refractivity contribution in [2.45, 2.75) is 12.7 Å². The van der Waals surface area contributed by atoms with Crippen molar-refractivity contribution in [1.82, 2.24) is 14.8 Å². The largest absolute Gasteiger partial charge is 0.418 e. The highest BCUT2D eigenvalue weighted by molar-refractivity contribution is 5.93. The summed E-state index contributed by atoms with van der Waals surface area (Å²) in [5.74, 6) is -0.801. The third-order valence-electron chi connectivity index (χ3n) is 5.48. The van der Waals surface area contributed by atoms with Crippen LogP contribution in [0.3, 0.4) is 0 Å². The molecule has 4 rings (SSSR count). The highest BCUT2D eigenvalue weighted by atomic mass is 19.4. The lowest BCUT2D eigenvalue weighted by Crippen LogP contribution is -2.48. The van der Waals surface area contributed by atoms with Crippen molar-refractivity contribution in [3.8, 4) is 0 Å². The van der Waals surface area contributed by atoms with Crippen molar-refractivity contribution in [1.29, 1.82) is 0 Å². The molecule has 0 saturated carbocycles. The molecule has 9 heteroatoms. The molecule has 1 aromatic heterocycles. The number of amides is 1. The van der Waals surface area contributed by atoms with Crippen LogP contribution in [0.2, 0.25) is 0 Å². The number of nitrogens with one attached hydrogen (secondary N) is 1. The van der Waals surface area contributed by atoms with Crippen LogP contribution < -0.4 is 5.32 Å². The van der Waals surface area contributed by atoms with Gasteiger partial charge in [0.1, 0.15) is 5.82 Å². The maximum Gasteiger partial charge on any atom is 0.418 e. The zero-order valence-corrected chi connectivity index (χ0v) is 17.2. The van der Waals surface area contributed by atoms with E-state index in [2.05, 4.69) is 15.2 Å². The number of alkyl halides is 3. The van der Waals surface area contributed by atoms with Gasteiger partial charge < -0.3 is 5.32 Å². The van der Waals surface area contributed by atoms with Crippen LogP contribution >= 0.6 is 0 Å². The minimum Gasteiger partial charge on any atom is -0.324 e. The van der Waals surface area contributed by atoms with E-state index in [4.69, 9.17) is 0 Å². The first-order valence-electron chi connectivity index (χ1n) is 10.2. The Kier molecular flexibility index (Phi) is 6.38. The predicted octanol–water partition coefficient (Wildman–Crippen LogP) is 4.15. The van der Waals surface area contributed by atoms with E-state index in [0.717, 1.165) is 22.5 Å². The number of pyridine rings is 1. The summed E-state index contributed by atoms with van der Waals surface area (Å²) in [7, 11) is 0. The number of fused-ring (bicyclic) bond motifs is 1. The van der Waals surface area contributed by atoms with Gasteiger partial charge in [0.05, 0.1) is 23.3 Å². The molecule has 0 aliphatic carbocycles. The standard InChI is InChI=1S/C23H22F4N4O/c24-18-12-16-4-3-7-28-22(16)17(13-18)14-30-8-10-31(11-9-30)15-21(32)29-20-6-2-1-5-19(20)23(25,26)27/h1-7,12-13H,8-11,14-15H2,(H,29,32). The summed E-state index contributed by atoms with van der Waals surface area (Å²) in [6.45, 7) is 2.99. The summed E-state index contributed by atoms with van der Waals surface area (Å²) in [5, 5.41) is 3.12. The van der Waals surface area contributed by atoms with Crippen molar-refractivity contribution in [3.63, 3.8) is 0 Å². The number of benzene rings is 2. The molecule has 1 aliphatic heterocycles. The van der Waals surface area contributed by atoms with E-state index < -0.39 is 17.6 Å². The van der Waals surface area contributed by atoms with Gasteiger partial charge in [-0.1, -0.05) is 18.2 Å². The molecule has 168 valence electrons. The minimum atomic E-state index is -4.54. The van der Waals surface area contributed by atoms with Crippen LogP contribution in [-0.2, 0) is 17.5 Å². The Balaban J connectivity index is 1.33. The van der Waals surface area contributed by atoms with Gasteiger partial charge >= 0.3 is 6.18 Å². The molecule has 32 heavy (non-hydrogen) atoms.